The summed E-state index contributed by atoms with van der Waals surface area (Å²) in [7, 11) is 0. The molecule has 4 N–H and O–H groups in total. The number of rotatable bonds is 17. The predicted octanol–water partition coefficient (Wildman–Crippen LogP) is 6.89. The maximum atomic E-state index is 12.9. The number of benzene rings is 3. The first-order valence-electron chi connectivity index (χ1n) is 15.5. The minimum Gasteiger partial charge on any atom is -0.493 e. The van der Waals surface area contributed by atoms with Crippen molar-refractivity contribution in [2.75, 3.05) is 46.1 Å². The van der Waals surface area contributed by atoms with Crippen LogP contribution >= 0.6 is 34.8 Å². The summed E-state index contributed by atoms with van der Waals surface area (Å²) in [6.07, 6.45) is -4.27. The second kappa shape index (κ2) is 17.4. The molecule has 3 aromatic rings. The maximum absolute atomic E-state index is 12.9. The zero-order chi connectivity index (χ0) is 34.9. The fraction of sp³-hybridized carbons (Fsp3) is 0.471. The van der Waals surface area contributed by atoms with E-state index in [0.29, 0.717) is 51.2 Å². The third kappa shape index (κ3) is 10.8. The third-order valence-corrected chi connectivity index (χ3v) is 9.13. The van der Waals surface area contributed by atoms with Crippen LogP contribution in [-0.4, -0.2) is 84.1 Å². The van der Waals surface area contributed by atoms with Crippen LogP contribution in [0.3, 0.4) is 0 Å². The molecule has 0 amide bonds. The highest BCUT2D eigenvalue weighted by Gasteiger charge is 2.28. The van der Waals surface area contributed by atoms with Crippen molar-refractivity contribution in [1.82, 2.24) is 10.2 Å². The van der Waals surface area contributed by atoms with Gasteiger partial charge in [-0.05, 0) is 31.9 Å². The molecule has 1 aliphatic heterocycles. The molecule has 0 bridgehead atoms. The van der Waals surface area contributed by atoms with Crippen LogP contribution in [0.4, 0.5) is 13.2 Å². The number of likely N-dealkylation sites (tertiary alicyclic amines) is 1. The zero-order valence-electron chi connectivity index (χ0n) is 26.5. The molecular weight excluding hydrogens is 696 g/mol. The second-order valence-corrected chi connectivity index (χ2v) is 13.1. The lowest BCUT2D eigenvalue weighted by Gasteiger charge is -2.27. The first kappa shape index (κ1) is 38.3. The van der Waals surface area contributed by atoms with Crippen LogP contribution < -0.4 is 19.5 Å². The number of halogens is 6. The molecule has 1 aliphatic rings. The molecule has 0 unspecified atom stereocenters. The van der Waals surface area contributed by atoms with E-state index in [1.54, 1.807) is 25.1 Å². The number of hydrogen-bond donors (Lipinski definition) is 4. The Kier molecular flexibility index (Phi) is 13.9. The molecule has 0 saturated carbocycles. The van der Waals surface area contributed by atoms with Crippen LogP contribution in [0, 0.1) is 0 Å². The number of nitrogens with one attached hydrogen (secondary N) is 1. The first-order valence-corrected chi connectivity index (χ1v) is 16.7. The Hall–Kier alpha value is -2.48. The highest BCUT2D eigenvalue weighted by atomic mass is 35.5. The van der Waals surface area contributed by atoms with Gasteiger partial charge in [-0.25, -0.2) is 0 Å². The molecule has 8 nitrogen and oxygen atoms in total. The van der Waals surface area contributed by atoms with Crippen molar-refractivity contribution in [2.24, 2.45) is 0 Å². The largest absolute Gasteiger partial charge is 0.493 e. The van der Waals surface area contributed by atoms with E-state index in [9.17, 15) is 28.5 Å². The molecule has 1 fully saturated rings. The number of β-amino-alcohol motifs (C(OH)–C–C–N with tert-alkyl or cyclic N) is 1. The Bertz CT molecular complexity index is 1510. The van der Waals surface area contributed by atoms with Gasteiger partial charge in [0.05, 0.1) is 59.6 Å². The molecule has 264 valence electrons. The molecule has 14 heteroatoms. The van der Waals surface area contributed by atoms with Crippen molar-refractivity contribution in [1.29, 1.82) is 0 Å². The Morgan fingerprint density at radius 2 is 1.56 bits per heavy atom. The summed E-state index contributed by atoms with van der Waals surface area (Å²) in [5, 5.41) is 32.9. The van der Waals surface area contributed by atoms with E-state index in [2.05, 4.69) is 10.2 Å². The number of aliphatic hydroxyl groups is 3. The predicted molar refractivity (Wildman–Crippen MR) is 180 cm³/mol. The van der Waals surface area contributed by atoms with Gasteiger partial charge in [0, 0.05) is 54.5 Å². The number of aliphatic hydroxyl groups excluding tert-OH is 3. The summed E-state index contributed by atoms with van der Waals surface area (Å²) in [5.41, 5.74) is 1.29. The van der Waals surface area contributed by atoms with Gasteiger partial charge in [-0.3, -0.25) is 0 Å². The van der Waals surface area contributed by atoms with Gasteiger partial charge in [0.25, 0.3) is 0 Å². The number of alkyl halides is 3. The standard InChI is InChI=1S/C34H40Cl3F3N2O6/c1-33(20-43,21-44)41-17-23-15-27(35)30(16-29(23)47-14-10-34(38,39)40)48-19-22-5-2-6-25(31(22)36)26-7-3-8-28(32(26)37)46-13-4-11-42-12-9-24(45)18-42/h2-3,5-8,15-16,24,41,43-45H,4,9-14,17-21H2,1H3/t24-/m1/s1. The summed E-state index contributed by atoms with van der Waals surface area (Å²) in [4.78, 5) is 2.20. The molecule has 1 saturated heterocycles. The summed E-state index contributed by atoms with van der Waals surface area (Å²) in [6.45, 7) is 3.04. The smallest absolute Gasteiger partial charge is 0.392 e. The Labute approximate surface area is 293 Å². The van der Waals surface area contributed by atoms with Gasteiger partial charge in [0.15, 0.2) is 0 Å². The average Bonchev–Trinajstić information content (AvgIpc) is 3.47. The minimum absolute atomic E-state index is 0.0297. The van der Waals surface area contributed by atoms with Crippen molar-refractivity contribution < 1.29 is 42.7 Å². The van der Waals surface area contributed by atoms with Gasteiger partial charge in [-0.15, -0.1) is 0 Å². The van der Waals surface area contributed by atoms with Crippen LogP contribution in [0.5, 0.6) is 17.2 Å². The summed E-state index contributed by atoms with van der Waals surface area (Å²) in [5.74, 6) is 0.782. The monoisotopic (exact) mass is 734 g/mol. The lowest BCUT2D eigenvalue weighted by molar-refractivity contribution is -0.139. The number of ether oxygens (including phenoxy) is 3. The molecule has 0 aliphatic carbocycles. The number of hydrogen-bond acceptors (Lipinski definition) is 8. The molecule has 1 heterocycles. The molecule has 0 spiro atoms. The molecule has 4 rings (SSSR count). The maximum Gasteiger partial charge on any atom is 0.392 e. The SMILES string of the molecule is CC(CO)(CO)NCc1cc(Cl)c(OCc2cccc(-c3cccc(OCCCN4CC[C@@H](O)C4)c3Cl)c2Cl)cc1OCCC(F)(F)F. The summed E-state index contributed by atoms with van der Waals surface area (Å²) < 4.78 is 56.0. The van der Waals surface area contributed by atoms with Crippen LogP contribution in [0.15, 0.2) is 48.5 Å². The van der Waals surface area contributed by atoms with E-state index >= 15 is 0 Å². The quantitative estimate of drug-likeness (QED) is 0.111. The van der Waals surface area contributed by atoms with Crippen LogP contribution in [-0.2, 0) is 13.2 Å². The highest BCUT2D eigenvalue weighted by molar-refractivity contribution is 6.37. The van der Waals surface area contributed by atoms with Crippen LogP contribution in [0.1, 0.15) is 37.3 Å². The topological polar surface area (TPSA) is 104 Å². The first-order chi connectivity index (χ1) is 22.8. The Morgan fingerprint density at radius 3 is 2.23 bits per heavy atom. The highest BCUT2D eigenvalue weighted by Crippen LogP contribution is 2.40. The van der Waals surface area contributed by atoms with Crippen LogP contribution in [0.2, 0.25) is 15.1 Å². The zero-order valence-corrected chi connectivity index (χ0v) is 28.7. The van der Waals surface area contributed by atoms with Crippen molar-refractivity contribution in [3.63, 3.8) is 0 Å². The lowest BCUT2D eigenvalue weighted by Crippen LogP contribution is -2.48. The summed E-state index contributed by atoms with van der Waals surface area (Å²) in [6, 6.07) is 13.8. The fourth-order valence-corrected chi connectivity index (χ4v) is 5.88. The van der Waals surface area contributed by atoms with E-state index in [-0.39, 0.29) is 49.0 Å². The summed E-state index contributed by atoms with van der Waals surface area (Å²) >= 11 is 20.1. The number of nitrogens with zero attached hydrogens (tertiary/aromatic N) is 1. The molecule has 0 aromatic heterocycles. The fourth-order valence-electron chi connectivity index (χ4n) is 5.08. The van der Waals surface area contributed by atoms with Crippen molar-refractivity contribution in [3.05, 3.63) is 74.7 Å². The van der Waals surface area contributed by atoms with Crippen molar-refractivity contribution in [2.45, 2.75) is 57.2 Å². The van der Waals surface area contributed by atoms with E-state index < -0.39 is 24.7 Å². The Balaban J connectivity index is 1.47. The van der Waals surface area contributed by atoms with Gasteiger partial charge in [0.1, 0.15) is 23.9 Å². The molecule has 3 aromatic carbocycles. The van der Waals surface area contributed by atoms with Crippen molar-refractivity contribution >= 4 is 34.8 Å². The molecule has 48 heavy (non-hydrogen) atoms. The lowest BCUT2D eigenvalue weighted by atomic mass is 10.0. The second-order valence-electron chi connectivity index (χ2n) is 12.0. The Morgan fingerprint density at radius 1 is 0.875 bits per heavy atom. The van der Waals surface area contributed by atoms with E-state index in [0.717, 1.165) is 25.9 Å². The van der Waals surface area contributed by atoms with E-state index in [4.69, 9.17) is 49.0 Å². The van der Waals surface area contributed by atoms with Gasteiger partial charge < -0.3 is 39.7 Å². The van der Waals surface area contributed by atoms with E-state index in [1.807, 2.05) is 18.2 Å². The normalized spacial score (nSPS) is 15.6. The van der Waals surface area contributed by atoms with Gasteiger partial charge in [0.2, 0.25) is 0 Å². The molecule has 1 atom stereocenters. The minimum atomic E-state index is -4.41. The van der Waals surface area contributed by atoms with Crippen LogP contribution in [0.25, 0.3) is 11.1 Å². The van der Waals surface area contributed by atoms with E-state index in [1.165, 1.54) is 12.1 Å². The third-order valence-electron chi connectivity index (χ3n) is 8.00. The molecular formula is C34H40Cl3F3N2O6. The van der Waals surface area contributed by atoms with Gasteiger partial charge in [-0.1, -0.05) is 65.1 Å². The van der Waals surface area contributed by atoms with Gasteiger partial charge in [-0.2, -0.15) is 13.2 Å². The average molecular weight is 736 g/mol. The van der Waals surface area contributed by atoms with Gasteiger partial charge >= 0.3 is 6.18 Å². The van der Waals surface area contributed by atoms with Crippen molar-refractivity contribution in [3.8, 4) is 28.4 Å². The molecule has 0 radical (unpaired) electrons.